The van der Waals surface area contributed by atoms with Gasteiger partial charge in [-0.05, 0) is 31.5 Å². The van der Waals surface area contributed by atoms with Gasteiger partial charge in [-0.3, -0.25) is 0 Å². The number of carboxylic acids is 1. The van der Waals surface area contributed by atoms with Gasteiger partial charge >= 0.3 is 5.97 Å². The van der Waals surface area contributed by atoms with Gasteiger partial charge in [0.25, 0.3) is 0 Å². The van der Waals surface area contributed by atoms with Crippen molar-refractivity contribution in [1.82, 2.24) is 4.98 Å². The quantitative estimate of drug-likeness (QED) is 0.815. The number of nitrogens with one attached hydrogen (secondary N) is 1. The zero-order valence-corrected chi connectivity index (χ0v) is 9.42. The lowest BCUT2D eigenvalue weighted by Gasteiger charge is -2.09. The van der Waals surface area contributed by atoms with Crippen molar-refractivity contribution in [2.45, 2.75) is 13.8 Å². The van der Waals surface area contributed by atoms with Crippen molar-refractivity contribution in [3.05, 3.63) is 29.0 Å². The van der Waals surface area contributed by atoms with Crippen molar-refractivity contribution < 1.29 is 14.6 Å². The predicted molar refractivity (Wildman–Crippen MR) is 61.3 cm³/mol. The first-order chi connectivity index (χ1) is 7.54. The minimum absolute atomic E-state index is 0.219. The zero-order valence-electron chi connectivity index (χ0n) is 9.42. The minimum Gasteiger partial charge on any atom is -0.494 e. The van der Waals surface area contributed by atoms with Crippen LogP contribution in [0.4, 0.5) is 0 Å². The molecule has 4 nitrogen and oxygen atoms in total. The Kier molecular flexibility index (Phi) is 2.34. The first-order valence-electron chi connectivity index (χ1n) is 4.94. The molecule has 0 saturated carbocycles. The SMILES string of the molecule is COc1c(C(=O)O)c(C)cc2cc(C)[nH]c12. The number of benzene rings is 1. The Morgan fingerprint density at radius 2 is 2.06 bits per heavy atom. The van der Waals surface area contributed by atoms with E-state index in [4.69, 9.17) is 9.84 Å². The Bertz CT molecular complexity index is 569. The van der Waals surface area contributed by atoms with Gasteiger partial charge < -0.3 is 14.8 Å². The van der Waals surface area contributed by atoms with Gasteiger partial charge in [0.2, 0.25) is 0 Å². The molecule has 0 aliphatic heterocycles. The third-order valence-electron chi connectivity index (χ3n) is 2.62. The molecule has 2 N–H and O–H groups in total. The van der Waals surface area contributed by atoms with Crippen LogP contribution in [-0.4, -0.2) is 23.2 Å². The van der Waals surface area contributed by atoms with E-state index in [1.54, 1.807) is 6.92 Å². The molecule has 0 radical (unpaired) electrons. The Hall–Kier alpha value is -1.97. The third-order valence-corrected chi connectivity index (χ3v) is 2.62. The van der Waals surface area contributed by atoms with Gasteiger partial charge in [-0.25, -0.2) is 4.79 Å². The number of aromatic nitrogens is 1. The van der Waals surface area contributed by atoms with Crippen LogP contribution in [0, 0.1) is 13.8 Å². The molecule has 0 amide bonds. The summed E-state index contributed by atoms with van der Waals surface area (Å²) in [6.45, 7) is 3.70. The standard InChI is InChI=1S/C12H13NO3/c1-6-4-8-5-7(2)13-10(8)11(16-3)9(6)12(14)15/h4-5,13H,1-3H3,(H,14,15). The molecule has 0 aliphatic carbocycles. The largest absolute Gasteiger partial charge is 0.494 e. The molecular weight excluding hydrogens is 206 g/mol. The van der Waals surface area contributed by atoms with Crippen LogP contribution in [0.2, 0.25) is 0 Å². The van der Waals surface area contributed by atoms with Crippen LogP contribution in [0.3, 0.4) is 0 Å². The zero-order chi connectivity index (χ0) is 11.9. The van der Waals surface area contributed by atoms with E-state index in [2.05, 4.69) is 4.98 Å². The number of rotatable bonds is 2. The van der Waals surface area contributed by atoms with Crippen molar-refractivity contribution in [2.75, 3.05) is 7.11 Å². The number of carbonyl (C=O) groups is 1. The van der Waals surface area contributed by atoms with E-state index < -0.39 is 5.97 Å². The second-order valence-electron chi connectivity index (χ2n) is 3.82. The maximum absolute atomic E-state index is 11.2. The molecule has 1 aromatic carbocycles. The molecular formula is C12H13NO3. The Labute approximate surface area is 92.9 Å². The molecule has 2 rings (SSSR count). The average molecular weight is 219 g/mol. The summed E-state index contributed by atoms with van der Waals surface area (Å²) in [5.41, 5.74) is 2.64. The highest BCUT2D eigenvalue weighted by molar-refractivity contribution is 6.01. The first-order valence-corrected chi connectivity index (χ1v) is 4.94. The number of hydrogen-bond donors (Lipinski definition) is 2. The summed E-state index contributed by atoms with van der Waals surface area (Å²) in [5.74, 6) is -0.570. The molecule has 0 aliphatic rings. The van der Waals surface area contributed by atoms with Crippen LogP contribution >= 0.6 is 0 Å². The highest BCUT2D eigenvalue weighted by Gasteiger charge is 2.18. The summed E-state index contributed by atoms with van der Waals surface area (Å²) >= 11 is 0. The van der Waals surface area contributed by atoms with Gasteiger partial charge in [-0.15, -0.1) is 0 Å². The molecule has 0 bridgehead atoms. The topological polar surface area (TPSA) is 62.3 Å². The predicted octanol–water partition coefficient (Wildman–Crippen LogP) is 2.49. The number of aromatic carboxylic acids is 1. The van der Waals surface area contributed by atoms with E-state index in [9.17, 15) is 4.79 Å². The van der Waals surface area contributed by atoms with E-state index >= 15 is 0 Å². The number of hydrogen-bond acceptors (Lipinski definition) is 2. The second-order valence-corrected chi connectivity index (χ2v) is 3.82. The van der Waals surface area contributed by atoms with Gasteiger partial charge in [0.15, 0.2) is 5.75 Å². The van der Waals surface area contributed by atoms with Crippen LogP contribution in [-0.2, 0) is 0 Å². The number of carboxylic acid groups (broad SMARTS) is 1. The van der Waals surface area contributed by atoms with E-state index in [0.717, 1.165) is 16.6 Å². The van der Waals surface area contributed by atoms with Crippen molar-refractivity contribution in [1.29, 1.82) is 0 Å². The number of H-pyrrole nitrogens is 1. The summed E-state index contributed by atoms with van der Waals surface area (Å²) in [6.07, 6.45) is 0. The van der Waals surface area contributed by atoms with Crippen molar-refractivity contribution >= 4 is 16.9 Å². The van der Waals surface area contributed by atoms with Crippen LogP contribution in [0.25, 0.3) is 10.9 Å². The lowest BCUT2D eigenvalue weighted by molar-refractivity contribution is 0.0693. The molecule has 0 fully saturated rings. The number of aryl methyl sites for hydroxylation is 2. The van der Waals surface area contributed by atoms with Crippen molar-refractivity contribution in [3.63, 3.8) is 0 Å². The fourth-order valence-corrected chi connectivity index (χ4v) is 1.99. The average Bonchev–Trinajstić information content (AvgIpc) is 2.55. The summed E-state index contributed by atoms with van der Waals surface area (Å²) in [5, 5.41) is 10.1. The molecule has 1 heterocycles. The minimum atomic E-state index is -0.969. The monoisotopic (exact) mass is 219 g/mol. The van der Waals surface area contributed by atoms with Crippen LogP contribution < -0.4 is 4.74 Å². The van der Waals surface area contributed by atoms with Crippen molar-refractivity contribution in [2.24, 2.45) is 0 Å². The van der Waals surface area contributed by atoms with E-state index in [-0.39, 0.29) is 5.56 Å². The fraction of sp³-hybridized carbons (Fsp3) is 0.250. The summed E-state index contributed by atoms with van der Waals surface area (Å²) in [4.78, 5) is 14.3. The van der Waals surface area contributed by atoms with E-state index in [0.29, 0.717) is 11.3 Å². The summed E-state index contributed by atoms with van der Waals surface area (Å²) in [6, 6.07) is 3.82. The smallest absolute Gasteiger partial charge is 0.339 e. The molecule has 2 aromatic rings. The maximum Gasteiger partial charge on any atom is 0.339 e. The lowest BCUT2D eigenvalue weighted by Crippen LogP contribution is -2.03. The van der Waals surface area contributed by atoms with Gasteiger partial charge in [0.05, 0.1) is 12.6 Å². The molecule has 16 heavy (non-hydrogen) atoms. The summed E-state index contributed by atoms with van der Waals surface area (Å²) < 4.78 is 5.20. The first kappa shape index (κ1) is 10.5. The van der Waals surface area contributed by atoms with E-state index in [1.807, 2.05) is 19.1 Å². The van der Waals surface area contributed by atoms with Gasteiger partial charge in [-0.2, -0.15) is 0 Å². The molecule has 0 atom stereocenters. The van der Waals surface area contributed by atoms with Crippen molar-refractivity contribution in [3.8, 4) is 5.75 Å². The third kappa shape index (κ3) is 1.43. The van der Waals surface area contributed by atoms with Gasteiger partial charge in [0, 0.05) is 11.1 Å². The number of methoxy groups -OCH3 is 1. The number of fused-ring (bicyclic) bond motifs is 1. The van der Waals surface area contributed by atoms with Gasteiger partial charge in [-0.1, -0.05) is 0 Å². The molecule has 84 valence electrons. The molecule has 0 spiro atoms. The van der Waals surface area contributed by atoms with Crippen LogP contribution in [0.5, 0.6) is 5.75 Å². The lowest BCUT2D eigenvalue weighted by atomic mass is 10.0. The maximum atomic E-state index is 11.2. The Morgan fingerprint density at radius 1 is 1.38 bits per heavy atom. The highest BCUT2D eigenvalue weighted by atomic mass is 16.5. The summed E-state index contributed by atoms with van der Waals surface area (Å²) in [7, 11) is 1.48. The number of aromatic amines is 1. The van der Waals surface area contributed by atoms with E-state index in [1.165, 1.54) is 7.11 Å². The van der Waals surface area contributed by atoms with Crippen LogP contribution in [0.1, 0.15) is 21.6 Å². The van der Waals surface area contributed by atoms with Crippen LogP contribution in [0.15, 0.2) is 12.1 Å². The van der Waals surface area contributed by atoms with Gasteiger partial charge in [0.1, 0.15) is 5.56 Å². The number of ether oxygens (including phenoxy) is 1. The molecule has 4 heteroatoms. The highest BCUT2D eigenvalue weighted by Crippen LogP contribution is 2.32. The second kappa shape index (κ2) is 3.56. The normalized spacial score (nSPS) is 10.7. The Morgan fingerprint density at radius 3 is 2.62 bits per heavy atom. The molecule has 0 saturated heterocycles. The molecule has 0 unspecified atom stereocenters. The fourth-order valence-electron chi connectivity index (χ4n) is 1.99. The molecule has 1 aromatic heterocycles. The Balaban J connectivity index is 2.89.